The molecule has 2 aromatic carbocycles. The molecule has 3 aromatic rings. The Morgan fingerprint density at radius 2 is 1.85 bits per heavy atom. The maximum Gasteiger partial charge on any atom is 0.327 e. The fourth-order valence-electron chi connectivity index (χ4n) is 3.55. The third-order valence-corrected chi connectivity index (χ3v) is 7.44. The number of benzene rings is 2. The van der Waals surface area contributed by atoms with Crippen LogP contribution in [0.25, 0.3) is 0 Å². The van der Waals surface area contributed by atoms with E-state index in [1.165, 1.54) is 19.2 Å². The summed E-state index contributed by atoms with van der Waals surface area (Å²) in [4.78, 5) is 15.1. The van der Waals surface area contributed by atoms with E-state index in [1.54, 1.807) is 29.5 Å². The number of aliphatic hydroxyl groups excluding tert-OH is 1. The molecule has 1 aliphatic heterocycles. The second-order valence-corrected chi connectivity index (χ2v) is 10.3. The number of carbonyl (C=O) groups excluding carboxylic acids is 1. The molecule has 0 bridgehead atoms. The van der Waals surface area contributed by atoms with Gasteiger partial charge in [-0.15, -0.1) is 11.3 Å². The molecule has 2 atom stereocenters. The number of fused-ring (bicyclic) bond motifs is 1. The molecular formula is C23H24ClNO6S2. The van der Waals surface area contributed by atoms with Crippen LogP contribution in [0.3, 0.4) is 0 Å². The van der Waals surface area contributed by atoms with Crippen molar-refractivity contribution in [2.45, 2.75) is 30.5 Å². The molecule has 1 aliphatic rings. The fourth-order valence-corrected chi connectivity index (χ4v) is 5.16. The molecular weight excluding hydrogens is 486 g/mol. The van der Waals surface area contributed by atoms with Crippen LogP contribution in [0.4, 0.5) is 0 Å². The molecule has 0 radical (unpaired) electrons. The van der Waals surface area contributed by atoms with Crippen molar-refractivity contribution in [1.29, 1.82) is 0 Å². The van der Waals surface area contributed by atoms with Gasteiger partial charge in [-0.2, -0.15) is 8.42 Å². The Morgan fingerprint density at radius 1 is 1.18 bits per heavy atom. The van der Waals surface area contributed by atoms with Gasteiger partial charge < -0.3 is 9.84 Å². The van der Waals surface area contributed by atoms with Gasteiger partial charge in [-0.25, -0.2) is 4.79 Å². The van der Waals surface area contributed by atoms with Gasteiger partial charge in [0, 0.05) is 23.0 Å². The van der Waals surface area contributed by atoms with E-state index in [0.29, 0.717) is 23.7 Å². The number of hydrogen-bond acceptors (Lipinski definition) is 7. The van der Waals surface area contributed by atoms with Crippen LogP contribution in [-0.4, -0.2) is 42.6 Å². The molecule has 1 aromatic heterocycles. The van der Waals surface area contributed by atoms with Gasteiger partial charge in [0.1, 0.15) is 12.1 Å². The zero-order chi connectivity index (χ0) is 24.2. The Balaban J connectivity index is 0.000000235. The van der Waals surface area contributed by atoms with Crippen LogP contribution < -0.4 is 0 Å². The molecule has 0 amide bonds. The Hall–Kier alpha value is -2.27. The number of aliphatic hydroxyl groups is 1. The van der Waals surface area contributed by atoms with E-state index in [1.807, 2.05) is 41.5 Å². The third-order valence-electron chi connectivity index (χ3n) is 5.17. The zero-order valence-electron chi connectivity index (χ0n) is 18.0. The summed E-state index contributed by atoms with van der Waals surface area (Å²) in [7, 11) is -2.66. The first-order valence-electron chi connectivity index (χ1n) is 9.96. The number of aryl methyl sites for hydroxylation is 1. The maximum atomic E-state index is 12.3. The Kier molecular flexibility index (Phi) is 8.28. The molecule has 4 rings (SSSR count). The Morgan fingerprint density at radius 3 is 2.45 bits per heavy atom. The highest BCUT2D eigenvalue weighted by atomic mass is 35.5. The van der Waals surface area contributed by atoms with Crippen LogP contribution in [-0.2, 0) is 26.2 Å². The normalized spacial score (nSPS) is 16.8. The molecule has 0 spiro atoms. The summed E-state index contributed by atoms with van der Waals surface area (Å²) in [5, 5.41) is 12.8. The lowest BCUT2D eigenvalue weighted by molar-refractivity contribution is -0.148. The number of nitrogens with zero attached hydrogens (tertiary/aromatic N) is 1. The molecule has 2 N–H and O–H groups in total. The highest BCUT2D eigenvalue weighted by Crippen LogP contribution is 2.37. The number of esters is 1. The monoisotopic (exact) mass is 509 g/mol. The predicted molar refractivity (Wildman–Crippen MR) is 127 cm³/mol. The lowest BCUT2D eigenvalue weighted by Crippen LogP contribution is -2.40. The lowest BCUT2D eigenvalue weighted by Gasteiger charge is -2.35. The molecule has 1 unspecified atom stereocenters. The molecule has 0 aliphatic carbocycles. The molecule has 7 nitrogen and oxygen atoms in total. The second kappa shape index (κ2) is 10.8. The number of halogens is 1. The van der Waals surface area contributed by atoms with Crippen molar-refractivity contribution >= 4 is 39.0 Å². The first kappa shape index (κ1) is 25.4. The van der Waals surface area contributed by atoms with Crippen molar-refractivity contribution < 1.29 is 27.6 Å². The van der Waals surface area contributed by atoms with Gasteiger partial charge in [-0.3, -0.25) is 9.45 Å². The molecule has 2 heterocycles. The largest absolute Gasteiger partial charge is 0.468 e. The van der Waals surface area contributed by atoms with Gasteiger partial charge >= 0.3 is 5.97 Å². The molecule has 0 saturated heterocycles. The van der Waals surface area contributed by atoms with E-state index in [-0.39, 0.29) is 10.9 Å². The first-order valence-corrected chi connectivity index (χ1v) is 12.7. The third kappa shape index (κ3) is 6.20. The molecule has 0 fully saturated rings. The van der Waals surface area contributed by atoms with Crippen molar-refractivity contribution in [2.75, 3.05) is 13.7 Å². The topological polar surface area (TPSA) is 104 Å². The second-order valence-electron chi connectivity index (χ2n) is 7.49. The van der Waals surface area contributed by atoms with Crippen LogP contribution in [0.5, 0.6) is 0 Å². The number of thiophene rings is 1. The van der Waals surface area contributed by atoms with Gasteiger partial charge in [-0.05, 0) is 47.7 Å². The van der Waals surface area contributed by atoms with Crippen molar-refractivity contribution in [2.24, 2.45) is 0 Å². The van der Waals surface area contributed by atoms with Crippen molar-refractivity contribution in [3.8, 4) is 0 Å². The fraction of sp³-hybridized carbons (Fsp3) is 0.261. The summed E-state index contributed by atoms with van der Waals surface area (Å²) < 4.78 is 34.5. The number of rotatable bonds is 4. The number of hydrogen-bond donors (Lipinski definition) is 2. The smallest absolute Gasteiger partial charge is 0.327 e. The average Bonchev–Trinajstić information content (AvgIpc) is 3.25. The average molecular weight is 510 g/mol. The van der Waals surface area contributed by atoms with Crippen molar-refractivity contribution in [3.05, 3.63) is 86.6 Å². The highest BCUT2D eigenvalue weighted by molar-refractivity contribution is 7.85. The quantitative estimate of drug-likeness (QED) is 0.396. The van der Waals surface area contributed by atoms with E-state index < -0.39 is 22.3 Å². The predicted octanol–water partition coefficient (Wildman–Crippen LogP) is 4.41. The minimum atomic E-state index is -4.02. The van der Waals surface area contributed by atoms with Crippen LogP contribution >= 0.6 is 22.9 Å². The SMILES string of the molecule is COC(=O)[C@H](c1ccccc1Cl)N1Cc2ccsc2C(O)C1.Cc1ccc(S(=O)(=O)O)cc1. The summed E-state index contributed by atoms with van der Waals surface area (Å²) in [5.74, 6) is -0.376. The lowest BCUT2D eigenvalue weighted by atomic mass is 10.00. The summed E-state index contributed by atoms with van der Waals surface area (Å²) in [6.45, 7) is 2.80. The Bertz CT molecular complexity index is 1210. The van der Waals surface area contributed by atoms with Gasteiger partial charge in [-0.1, -0.05) is 47.5 Å². The summed E-state index contributed by atoms with van der Waals surface area (Å²) in [6.07, 6.45) is -0.599. The van der Waals surface area contributed by atoms with E-state index in [9.17, 15) is 18.3 Å². The van der Waals surface area contributed by atoms with Crippen LogP contribution in [0.1, 0.15) is 33.7 Å². The summed E-state index contributed by atoms with van der Waals surface area (Å²) in [5.41, 5.74) is 2.70. The van der Waals surface area contributed by atoms with Gasteiger partial charge in [0.15, 0.2) is 0 Å². The van der Waals surface area contributed by atoms with Gasteiger partial charge in [0.2, 0.25) is 0 Å². The zero-order valence-corrected chi connectivity index (χ0v) is 20.4. The number of carbonyl (C=O) groups is 1. The van der Waals surface area contributed by atoms with Crippen LogP contribution in [0, 0.1) is 6.92 Å². The van der Waals surface area contributed by atoms with Gasteiger partial charge in [0.05, 0.1) is 12.0 Å². The van der Waals surface area contributed by atoms with E-state index in [0.717, 1.165) is 16.0 Å². The summed E-state index contributed by atoms with van der Waals surface area (Å²) in [6, 6.07) is 14.6. The minimum absolute atomic E-state index is 0.0666. The first-order chi connectivity index (χ1) is 15.6. The molecule has 10 heteroatoms. The van der Waals surface area contributed by atoms with E-state index in [2.05, 4.69) is 0 Å². The van der Waals surface area contributed by atoms with Crippen molar-refractivity contribution in [3.63, 3.8) is 0 Å². The molecule has 176 valence electrons. The van der Waals surface area contributed by atoms with Crippen molar-refractivity contribution in [1.82, 2.24) is 4.90 Å². The van der Waals surface area contributed by atoms with Gasteiger partial charge in [0.25, 0.3) is 10.1 Å². The standard InChI is InChI=1S/C16H16ClNO3S.C7H8O3S/c1-21-16(20)14(11-4-2-3-5-12(11)17)18-8-10-6-7-22-15(10)13(19)9-18;1-6-2-4-7(5-3-6)11(8,9)10/h2-7,13-14,19H,8-9H2,1H3;2-5H,1H3,(H,8,9,10)/t13?,14-;/m0./s1. The minimum Gasteiger partial charge on any atom is -0.468 e. The number of β-amino-alcohol motifs (C(OH)–C–C–N with tert-alkyl or cyclic N) is 1. The number of methoxy groups -OCH3 is 1. The van der Waals surface area contributed by atoms with Crippen LogP contribution in [0.15, 0.2) is 64.9 Å². The Labute approximate surface area is 202 Å². The number of ether oxygens (including phenoxy) is 1. The molecule has 33 heavy (non-hydrogen) atoms. The summed E-state index contributed by atoms with van der Waals surface area (Å²) >= 11 is 7.80. The maximum absolute atomic E-state index is 12.3. The highest BCUT2D eigenvalue weighted by Gasteiger charge is 2.35. The van der Waals surface area contributed by atoms with Crippen LogP contribution in [0.2, 0.25) is 5.02 Å². The van der Waals surface area contributed by atoms with E-state index >= 15 is 0 Å². The molecule has 0 saturated carbocycles. The van der Waals surface area contributed by atoms with E-state index in [4.69, 9.17) is 20.9 Å².